The molecule has 40 heavy (non-hydrogen) atoms. The zero-order valence-corrected chi connectivity index (χ0v) is 28.2. The number of nitrogens with two attached hydrogens (primary N) is 1. The Morgan fingerprint density at radius 1 is 0.500 bits per heavy atom. The van der Waals surface area contributed by atoms with E-state index in [-0.39, 0.29) is 17.9 Å². The SMILES string of the molecule is CCCCCCCC/C=C\CCCCCCCCC(CCCCCCCCCCCCCC)C(=O)C(N)C(C)C. The summed E-state index contributed by atoms with van der Waals surface area (Å²) in [6.07, 6.45) is 42.0. The molecule has 0 heterocycles. The summed E-state index contributed by atoms with van der Waals surface area (Å²) < 4.78 is 0. The molecule has 2 heteroatoms. The number of unbranched alkanes of at least 4 members (excludes halogenated alkanes) is 23. The Balaban J connectivity index is 3.89. The molecule has 0 fully saturated rings. The quantitative estimate of drug-likeness (QED) is 0.0655. The molecule has 0 aliphatic heterocycles. The van der Waals surface area contributed by atoms with Gasteiger partial charge in [-0.3, -0.25) is 4.79 Å². The first-order valence-electron chi connectivity index (χ1n) is 18.5. The molecule has 2 unspecified atom stereocenters. The summed E-state index contributed by atoms with van der Waals surface area (Å²) in [4.78, 5) is 13.1. The van der Waals surface area contributed by atoms with E-state index in [9.17, 15) is 4.79 Å². The fourth-order valence-electron chi connectivity index (χ4n) is 5.90. The van der Waals surface area contributed by atoms with Crippen LogP contribution in [0.5, 0.6) is 0 Å². The maximum Gasteiger partial charge on any atom is 0.152 e. The predicted molar refractivity (Wildman–Crippen MR) is 181 cm³/mol. The van der Waals surface area contributed by atoms with Crippen molar-refractivity contribution in [1.82, 2.24) is 0 Å². The summed E-state index contributed by atoms with van der Waals surface area (Å²) in [6, 6.07) is -0.281. The number of allylic oxidation sites excluding steroid dienone is 2. The molecular formula is C38H75NO. The van der Waals surface area contributed by atoms with E-state index >= 15 is 0 Å². The van der Waals surface area contributed by atoms with Crippen LogP contribution in [0.2, 0.25) is 0 Å². The lowest BCUT2D eigenvalue weighted by molar-refractivity contribution is -0.125. The standard InChI is InChI=1S/C38H75NO/c1-5-7-9-11-13-15-17-19-20-21-22-24-26-28-30-32-34-36(38(40)37(39)35(3)4)33-31-29-27-25-23-18-16-14-12-10-8-6-2/h19-20,35-37H,5-18,21-34,39H2,1-4H3/b20-19-. The fraction of sp³-hybridized carbons (Fsp3) is 0.921. The van der Waals surface area contributed by atoms with E-state index in [1.54, 1.807) is 0 Å². The van der Waals surface area contributed by atoms with Crippen LogP contribution < -0.4 is 5.73 Å². The summed E-state index contributed by atoms with van der Waals surface area (Å²) in [5.74, 6) is 0.778. The summed E-state index contributed by atoms with van der Waals surface area (Å²) in [7, 11) is 0. The van der Waals surface area contributed by atoms with Gasteiger partial charge in [-0.15, -0.1) is 0 Å². The molecule has 2 nitrogen and oxygen atoms in total. The van der Waals surface area contributed by atoms with E-state index in [1.165, 1.54) is 167 Å². The van der Waals surface area contributed by atoms with Crippen molar-refractivity contribution in [2.45, 2.75) is 214 Å². The molecule has 0 saturated carbocycles. The predicted octanol–water partition coefficient (Wildman–Crippen LogP) is 12.7. The van der Waals surface area contributed by atoms with Crippen LogP contribution in [0, 0.1) is 11.8 Å². The highest BCUT2D eigenvalue weighted by Gasteiger charge is 2.25. The normalized spacial score (nSPS) is 13.4. The first kappa shape index (κ1) is 39.4. The second kappa shape index (κ2) is 31.3. The zero-order chi connectivity index (χ0) is 29.5. The maximum atomic E-state index is 13.1. The van der Waals surface area contributed by atoms with Gasteiger partial charge in [0.15, 0.2) is 5.78 Å². The van der Waals surface area contributed by atoms with Crippen molar-refractivity contribution >= 4 is 5.78 Å². The van der Waals surface area contributed by atoms with Crippen molar-refractivity contribution in [3.63, 3.8) is 0 Å². The van der Waals surface area contributed by atoms with Crippen LogP contribution in [0.15, 0.2) is 12.2 Å². The van der Waals surface area contributed by atoms with Crippen molar-refractivity contribution in [2.24, 2.45) is 17.6 Å². The van der Waals surface area contributed by atoms with Gasteiger partial charge in [-0.1, -0.05) is 181 Å². The first-order chi connectivity index (χ1) is 19.5. The van der Waals surface area contributed by atoms with Gasteiger partial charge in [-0.2, -0.15) is 0 Å². The highest BCUT2D eigenvalue weighted by molar-refractivity contribution is 5.86. The smallest absolute Gasteiger partial charge is 0.152 e. The Bertz CT molecular complexity index is 540. The van der Waals surface area contributed by atoms with Gasteiger partial charge in [0.1, 0.15) is 0 Å². The van der Waals surface area contributed by atoms with E-state index in [2.05, 4.69) is 39.8 Å². The second-order valence-corrected chi connectivity index (χ2v) is 13.3. The van der Waals surface area contributed by atoms with Crippen LogP contribution in [-0.2, 0) is 4.79 Å². The molecule has 2 N–H and O–H groups in total. The minimum absolute atomic E-state index is 0.192. The van der Waals surface area contributed by atoms with Crippen molar-refractivity contribution < 1.29 is 4.79 Å². The van der Waals surface area contributed by atoms with Gasteiger partial charge in [-0.25, -0.2) is 0 Å². The fourth-order valence-corrected chi connectivity index (χ4v) is 5.90. The lowest BCUT2D eigenvalue weighted by Crippen LogP contribution is -2.39. The first-order valence-corrected chi connectivity index (χ1v) is 18.5. The van der Waals surface area contributed by atoms with E-state index in [0.717, 1.165) is 12.8 Å². The van der Waals surface area contributed by atoms with Crippen LogP contribution in [0.3, 0.4) is 0 Å². The average molecular weight is 562 g/mol. The summed E-state index contributed by atoms with van der Waals surface area (Å²) in [5, 5.41) is 0. The minimum Gasteiger partial charge on any atom is -0.321 e. The van der Waals surface area contributed by atoms with Crippen molar-refractivity contribution in [3.05, 3.63) is 12.2 Å². The highest BCUT2D eigenvalue weighted by atomic mass is 16.1. The third-order valence-corrected chi connectivity index (χ3v) is 8.92. The van der Waals surface area contributed by atoms with Gasteiger partial charge in [0.2, 0.25) is 0 Å². The molecule has 0 aromatic carbocycles. The van der Waals surface area contributed by atoms with E-state index in [4.69, 9.17) is 5.73 Å². The maximum absolute atomic E-state index is 13.1. The van der Waals surface area contributed by atoms with Crippen LogP contribution >= 0.6 is 0 Å². The molecule has 0 bridgehead atoms. The van der Waals surface area contributed by atoms with Crippen LogP contribution in [0.4, 0.5) is 0 Å². The molecule has 0 rings (SSSR count). The number of carbonyl (C=O) groups excluding carboxylic acids is 1. The topological polar surface area (TPSA) is 43.1 Å². The Kier molecular flexibility index (Phi) is 30.8. The number of carbonyl (C=O) groups is 1. The minimum atomic E-state index is -0.281. The lowest BCUT2D eigenvalue weighted by Gasteiger charge is -2.22. The third kappa shape index (κ3) is 26.3. The molecule has 0 amide bonds. The Hall–Kier alpha value is -0.630. The number of hydrogen-bond acceptors (Lipinski definition) is 2. The van der Waals surface area contributed by atoms with Gasteiger partial charge in [0.25, 0.3) is 0 Å². The monoisotopic (exact) mass is 562 g/mol. The molecule has 0 spiro atoms. The molecule has 0 aromatic rings. The number of hydrogen-bond donors (Lipinski definition) is 1. The molecule has 0 saturated heterocycles. The molecule has 0 aliphatic carbocycles. The Labute approximate surface area is 253 Å². The van der Waals surface area contributed by atoms with Crippen molar-refractivity contribution in [1.29, 1.82) is 0 Å². The third-order valence-electron chi connectivity index (χ3n) is 8.92. The second-order valence-electron chi connectivity index (χ2n) is 13.3. The van der Waals surface area contributed by atoms with E-state index in [1.807, 2.05) is 0 Å². The van der Waals surface area contributed by atoms with Crippen LogP contribution in [0.1, 0.15) is 207 Å². The van der Waals surface area contributed by atoms with Gasteiger partial charge >= 0.3 is 0 Å². The summed E-state index contributed by atoms with van der Waals surface area (Å²) in [5.41, 5.74) is 6.30. The van der Waals surface area contributed by atoms with Crippen molar-refractivity contribution in [3.8, 4) is 0 Å². The number of rotatable bonds is 32. The molecular weight excluding hydrogens is 486 g/mol. The van der Waals surface area contributed by atoms with Crippen LogP contribution in [-0.4, -0.2) is 11.8 Å². The molecule has 238 valence electrons. The Morgan fingerprint density at radius 3 is 1.12 bits per heavy atom. The largest absolute Gasteiger partial charge is 0.321 e. The lowest BCUT2D eigenvalue weighted by atomic mass is 9.84. The summed E-state index contributed by atoms with van der Waals surface area (Å²) >= 11 is 0. The average Bonchev–Trinajstić information content (AvgIpc) is 2.95. The Morgan fingerprint density at radius 2 is 0.800 bits per heavy atom. The van der Waals surface area contributed by atoms with Gasteiger partial charge in [-0.05, 0) is 44.4 Å². The highest BCUT2D eigenvalue weighted by Crippen LogP contribution is 2.23. The molecule has 2 atom stereocenters. The van der Waals surface area contributed by atoms with Gasteiger partial charge in [0, 0.05) is 5.92 Å². The van der Waals surface area contributed by atoms with Crippen LogP contribution in [0.25, 0.3) is 0 Å². The zero-order valence-electron chi connectivity index (χ0n) is 28.2. The molecule has 0 aliphatic rings. The number of Topliss-reactive ketones (excluding diaryl/α,β-unsaturated/α-hetero) is 1. The van der Waals surface area contributed by atoms with Gasteiger partial charge < -0.3 is 5.73 Å². The van der Waals surface area contributed by atoms with E-state index < -0.39 is 0 Å². The molecule has 0 aromatic heterocycles. The van der Waals surface area contributed by atoms with E-state index in [0.29, 0.717) is 5.78 Å². The van der Waals surface area contributed by atoms with Gasteiger partial charge in [0.05, 0.1) is 6.04 Å². The summed E-state index contributed by atoms with van der Waals surface area (Å²) in [6.45, 7) is 8.75. The number of ketones is 1. The molecule has 0 radical (unpaired) electrons. The van der Waals surface area contributed by atoms with Crippen molar-refractivity contribution in [2.75, 3.05) is 0 Å².